The Morgan fingerprint density at radius 1 is 1.22 bits per heavy atom. The molecule has 0 bridgehead atoms. The molecule has 1 aromatic heterocycles. The van der Waals surface area contributed by atoms with E-state index >= 15 is 0 Å². The van der Waals surface area contributed by atoms with Crippen LogP contribution in [0.1, 0.15) is 25.0 Å². The van der Waals surface area contributed by atoms with Gasteiger partial charge >= 0.3 is 0 Å². The van der Waals surface area contributed by atoms with Crippen molar-refractivity contribution in [1.29, 1.82) is 0 Å². The van der Waals surface area contributed by atoms with Crippen LogP contribution in [0.3, 0.4) is 0 Å². The summed E-state index contributed by atoms with van der Waals surface area (Å²) in [6.07, 6.45) is 3.98. The van der Waals surface area contributed by atoms with Gasteiger partial charge in [-0.1, -0.05) is 30.3 Å². The minimum absolute atomic E-state index is 0. The second-order valence-electron chi connectivity index (χ2n) is 6.12. The van der Waals surface area contributed by atoms with Crippen LogP contribution in [0.4, 0.5) is 0 Å². The smallest absolute Gasteiger partial charge is 0.123 e. The lowest BCUT2D eigenvalue weighted by Crippen LogP contribution is -2.34. The predicted molar refractivity (Wildman–Crippen MR) is 101 cm³/mol. The van der Waals surface area contributed by atoms with E-state index in [9.17, 15) is 0 Å². The molecule has 3 nitrogen and oxygen atoms in total. The van der Waals surface area contributed by atoms with Crippen molar-refractivity contribution in [3.8, 4) is 10.6 Å². The van der Waals surface area contributed by atoms with Gasteiger partial charge in [0.25, 0.3) is 0 Å². The monoisotopic (exact) mass is 351 g/mol. The SMILES string of the molecule is CNCCC1CCN(Cc2csc(-c3ccccc3)n2)CC1.Cl. The van der Waals surface area contributed by atoms with Gasteiger partial charge in [0.2, 0.25) is 0 Å². The minimum atomic E-state index is 0. The first-order chi connectivity index (χ1) is 10.8. The van der Waals surface area contributed by atoms with Crippen LogP contribution in [0.25, 0.3) is 10.6 Å². The van der Waals surface area contributed by atoms with Gasteiger partial charge in [0.15, 0.2) is 0 Å². The summed E-state index contributed by atoms with van der Waals surface area (Å²) in [6, 6.07) is 10.5. The number of hydrogen-bond acceptors (Lipinski definition) is 4. The number of rotatable bonds is 6. The fourth-order valence-corrected chi connectivity index (χ4v) is 3.92. The van der Waals surface area contributed by atoms with Gasteiger partial charge in [-0.2, -0.15) is 0 Å². The van der Waals surface area contributed by atoms with E-state index < -0.39 is 0 Å². The molecule has 2 aromatic rings. The number of nitrogens with one attached hydrogen (secondary N) is 1. The van der Waals surface area contributed by atoms with Crippen LogP contribution in [-0.2, 0) is 6.54 Å². The molecule has 1 aliphatic heterocycles. The lowest BCUT2D eigenvalue weighted by molar-refractivity contribution is 0.171. The van der Waals surface area contributed by atoms with Gasteiger partial charge in [0.05, 0.1) is 5.69 Å². The lowest BCUT2D eigenvalue weighted by atomic mass is 9.93. The molecule has 126 valence electrons. The van der Waals surface area contributed by atoms with Crippen molar-refractivity contribution in [3.05, 3.63) is 41.4 Å². The first kappa shape index (κ1) is 18.4. The molecule has 5 heteroatoms. The zero-order chi connectivity index (χ0) is 15.2. The van der Waals surface area contributed by atoms with Crippen molar-refractivity contribution in [2.75, 3.05) is 26.7 Å². The minimum Gasteiger partial charge on any atom is -0.320 e. The molecule has 2 heterocycles. The van der Waals surface area contributed by atoms with Crippen LogP contribution in [0.2, 0.25) is 0 Å². The zero-order valence-corrected chi connectivity index (χ0v) is 15.3. The predicted octanol–water partition coefficient (Wildman–Crippen LogP) is 4.05. The van der Waals surface area contributed by atoms with E-state index in [-0.39, 0.29) is 12.4 Å². The Hall–Kier alpha value is -0.940. The van der Waals surface area contributed by atoms with E-state index in [1.54, 1.807) is 11.3 Å². The Balaban J connectivity index is 0.00000192. The van der Waals surface area contributed by atoms with Crippen LogP contribution in [0.5, 0.6) is 0 Å². The Bertz CT molecular complexity index is 565. The molecule has 1 saturated heterocycles. The summed E-state index contributed by atoms with van der Waals surface area (Å²) < 4.78 is 0. The highest BCUT2D eigenvalue weighted by atomic mass is 35.5. The first-order valence-corrected chi connectivity index (χ1v) is 9.10. The van der Waals surface area contributed by atoms with E-state index in [0.717, 1.165) is 24.0 Å². The normalized spacial score (nSPS) is 16.2. The summed E-state index contributed by atoms with van der Waals surface area (Å²) in [7, 11) is 2.04. The highest BCUT2D eigenvalue weighted by molar-refractivity contribution is 7.13. The fraction of sp³-hybridized carbons (Fsp3) is 0.500. The maximum atomic E-state index is 4.81. The van der Waals surface area contributed by atoms with Gasteiger partial charge in [-0.25, -0.2) is 4.98 Å². The second-order valence-corrected chi connectivity index (χ2v) is 6.98. The lowest BCUT2D eigenvalue weighted by Gasteiger charge is -2.31. The Kier molecular flexibility index (Phi) is 7.50. The fourth-order valence-electron chi connectivity index (χ4n) is 3.10. The third-order valence-corrected chi connectivity index (χ3v) is 5.41. The van der Waals surface area contributed by atoms with Gasteiger partial charge in [0.1, 0.15) is 5.01 Å². The van der Waals surface area contributed by atoms with Crippen molar-refractivity contribution in [2.24, 2.45) is 5.92 Å². The highest BCUT2D eigenvalue weighted by Gasteiger charge is 2.19. The van der Waals surface area contributed by atoms with Crippen LogP contribution >= 0.6 is 23.7 Å². The van der Waals surface area contributed by atoms with Gasteiger partial charge in [-0.05, 0) is 51.9 Å². The first-order valence-electron chi connectivity index (χ1n) is 8.22. The van der Waals surface area contributed by atoms with Crippen molar-refractivity contribution < 1.29 is 0 Å². The number of thiazole rings is 1. The molecule has 23 heavy (non-hydrogen) atoms. The Labute approximate surface area is 149 Å². The van der Waals surface area contributed by atoms with E-state index in [0.29, 0.717) is 0 Å². The average molecular weight is 352 g/mol. The molecule has 0 radical (unpaired) electrons. The van der Waals surface area contributed by atoms with Crippen LogP contribution in [0, 0.1) is 5.92 Å². The van der Waals surface area contributed by atoms with E-state index in [2.05, 4.69) is 45.9 Å². The molecule has 0 saturated carbocycles. The van der Waals surface area contributed by atoms with Crippen molar-refractivity contribution in [1.82, 2.24) is 15.2 Å². The molecule has 0 spiro atoms. The molecule has 1 fully saturated rings. The summed E-state index contributed by atoms with van der Waals surface area (Å²) >= 11 is 1.76. The Morgan fingerprint density at radius 2 is 1.96 bits per heavy atom. The maximum Gasteiger partial charge on any atom is 0.123 e. The third kappa shape index (κ3) is 5.28. The number of nitrogens with zero attached hydrogens (tertiary/aromatic N) is 2. The molecule has 0 atom stereocenters. The van der Waals surface area contributed by atoms with E-state index in [4.69, 9.17) is 4.98 Å². The van der Waals surface area contributed by atoms with Gasteiger partial charge in [0, 0.05) is 17.5 Å². The number of hydrogen-bond donors (Lipinski definition) is 1. The van der Waals surface area contributed by atoms with E-state index in [1.165, 1.54) is 43.6 Å². The highest BCUT2D eigenvalue weighted by Crippen LogP contribution is 2.25. The summed E-state index contributed by atoms with van der Waals surface area (Å²) in [5.74, 6) is 0.902. The Morgan fingerprint density at radius 3 is 2.65 bits per heavy atom. The quantitative estimate of drug-likeness (QED) is 0.850. The zero-order valence-electron chi connectivity index (χ0n) is 13.7. The van der Waals surface area contributed by atoms with Gasteiger partial charge < -0.3 is 5.32 Å². The molecule has 0 aliphatic carbocycles. The molecule has 1 aliphatic rings. The number of likely N-dealkylation sites (tertiary alicyclic amines) is 1. The van der Waals surface area contributed by atoms with Gasteiger partial charge in [-0.15, -0.1) is 23.7 Å². The largest absolute Gasteiger partial charge is 0.320 e. The summed E-state index contributed by atoms with van der Waals surface area (Å²) in [4.78, 5) is 7.37. The van der Waals surface area contributed by atoms with Crippen LogP contribution in [0.15, 0.2) is 35.7 Å². The molecule has 0 amide bonds. The van der Waals surface area contributed by atoms with Crippen LogP contribution < -0.4 is 5.32 Å². The van der Waals surface area contributed by atoms with Crippen molar-refractivity contribution >= 4 is 23.7 Å². The maximum absolute atomic E-state index is 4.81. The van der Waals surface area contributed by atoms with Crippen LogP contribution in [-0.4, -0.2) is 36.6 Å². The summed E-state index contributed by atoms with van der Waals surface area (Å²) in [5, 5.41) is 6.62. The topological polar surface area (TPSA) is 28.2 Å². The standard InChI is InChI=1S/C18H25N3S.ClH/c1-19-10-7-15-8-11-21(12-9-15)13-17-14-22-18(20-17)16-5-3-2-4-6-16;/h2-6,14-15,19H,7-13H2,1H3;1H. The third-order valence-electron chi connectivity index (χ3n) is 4.47. The summed E-state index contributed by atoms with van der Waals surface area (Å²) in [5.41, 5.74) is 2.45. The summed E-state index contributed by atoms with van der Waals surface area (Å²) in [6.45, 7) is 4.58. The number of halogens is 1. The number of piperidine rings is 1. The second kappa shape index (κ2) is 9.38. The molecule has 1 aromatic carbocycles. The number of benzene rings is 1. The van der Waals surface area contributed by atoms with Crippen molar-refractivity contribution in [2.45, 2.75) is 25.8 Å². The molecule has 1 N–H and O–H groups in total. The molecule has 3 rings (SSSR count). The van der Waals surface area contributed by atoms with Crippen molar-refractivity contribution in [3.63, 3.8) is 0 Å². The number of aromatic nitrogens is 1. The molecule has 0 unspecified atom stereocenters. The molecular formula is C18H26ClN3S. The van der Waals surface area contributed by atoms with Gasteiger partial charge in [-0.3, -0.25) is 4.90 Å². The van der Waals surface area contributed by atoms with E-state index in [1.807, 2.05) is 7.05 Å². The molecular weight excluding hydrogens is 326 g/mol. The average Bonchev–Trinajstić information content (AvgIpc) is 3.04.